The van der Waals surface area contributed by atoms with Gasteiger partial charge in [0.2, 0.25) is 0 Å². The molecule has 1 fully saturated rings. The zero-order valence-corrected chi connectivity index (χ0v) is 27.6. The Hall–Kier alpha value is -4.54. The van der Waals surface area contributed by atoms with Crippen molar-refractivity contribution in [1.82, 2.24) is 0 Å². The molecule has 0 unspecified atom stereocenters. The average molecular weight is 666 g/mol. The SMILES string of the molecule is C[C@@H](C[C@@H]1O[C@H](COCc2ccccc2)[C@H](OCc2ccccc2)[C@H](OCc2ccccc2)[C@H]1OCc1ccccc1)[C@H](N=[N+]=[N-])C(=O)O. The van der Waals surface area contributed by atoms with E-state index in [-0.39, 0.29) is 26.2 Å². The minimum Gasteiger partial charge on any atom is -0.481 e. The van der Waals surface area contributed by atoms with E-state index in [0.717, 1.165) is 22.3 Å². The fourth-order valence-electron chi connectivity index (χ4n) is 6.03. The molecule has 0 amide bonds. The zero-order chi connectivity index (χ0) is 34.3. The molecule has 4 aromatic carbocycles. The van der Waals surface area contributed by atoms with Gasteiger partial charge in [0.1, 0.15) is 30.5 Å². The first-order chi connectivity index (χ1) is 24.0. The normalized spacial score (nSPS) is 21.7. The third kappa shape index (κ3) is 10.7. The molecular weight excluding hydrogens is 622 g/mol. The Balaban J connectivity index is 1.48. The lowest BCUT2D eigenvalue weighted by molar-refractivity contribution is -0.275. The summed E-state index contributed by atoms with van der Waals surface area (Å²) in [6.07, 6.45) is -2.92. The number of ether oxygens (including phenoxy) is 5. The van der Waals surface area contributed by atoms with Gasteiger partial charge in [0.05, 0.1) is 39.1 Å². The fraction of sp³-hybridized carbons (Fsp3) is 0.359. The van der Waals surface area contributed by atoms with E-state index in [9.17, 15) is 9.90 Å². The van der Waals surface area contributed by atoms with E-state index >= 15 is 0 Å². The molecule has 7 atom stereocenters. The number of benzene rings is 4. The Kier molecular flexibility index (Phi) is 13.8. The van der Waals surface area contributed by atoms with E-state index in [1.54, 1.807) is 6.92 Å². The second kappa shape index (κ2) is 18.9. The Morgan fingerprint density at radius 3 is 1.53 bits per heavy atom. The highest BCUT2D eigenvalue weighted by Crippen LogP contribution is 2.34. The van der Waals surface area contributed by atoms with Crippen LogP contribution in [-0.2, 0) is 54.9 Å². The molecule has 0 aromatic heterocycles. The van der Waals surface area contributed by atoms with Crippen LogP contribution in [0.15, 0.2) is 126 Å². The Morgan fingerprint density at radius 2 is 1.10 bits per heavy atom. The van der Waals surface area contributed by atoms with Crippen molar-refractivity contribution in [2.45, 2.75) is 76.3 Å². The van der Waals surface area contributed by atoms with Crippen LogP contribution >= 0.6 is 0 Å². The van der Waals surface area contributed by atoms with Gasteiger partial charge in [-0.2, -0.15) is 0 Å². The van der Waals surface area contributed by atoms with Crippen molar-refractivity contribution in [2.75, 3.05) is 6.61 Å². The van der Waals surface area contributed by atoms with E-state index in [4.69, 9.17) is 29.2 Å². The first-order valence-electron chi connectivity index (χ1n) is 16.5. The number of rotatable bonds is 18. The molecular formula is C39H43N3O7. The Morgan fingerprint density at radius 1 is 0.694 bits per heavy atom. The quantitative estimate of drug-likeness (QED) is 0.0661. The highest BCUT2D eigenvalue weighted by atomic mass is 16.6. The number of hydrogen-bond acceptors (Lipinski definition) is 7. The number of azide groups is 1. The first kappa shape index (κ1) is 35.8. The van der Waals surface area contributed by atoms with E-state index in [1.165, 1.54) is 0 Å². The van der Waals surface area contributed by atoms with Crippen LogP contribution in [-0.4, -0.2) is 54.2 Å². The number of carboxylic acids is 1. The molecule has 256 valence electrons. The lowest BCUT2D eigenvalue weighted by atomic mass is 9.87. The lowest BCUT2D eigenvalue weighted by Gasteiger charge is -2.47. The van der Waals surface area contributed by atoms with Crippen LogP contribution in [0.5, 0.6) is 0 Å². The number of carbonyl (C=O) groups is 1. The van der Waals surface area contributed by atoms with Crippen LogP contribution < -0.4 is 0 Å². The van der Waals surface area contributed by atoms with Gasteiger partial charge in [0.15, 0.2) is 0 Å². The monoisotopic (exact) mass is 665 g/mol. The van der Waals surface area contributed by atoms with Gasteiger partial charge in [-0.15, -0.1) is 0 Å². The van der Waals surface area contributed by atoms with Crippen LogP contribution in [0.4, 0.5) is 0 Å². The van der Waals surface area contributed by atoms with Crippen molar-refractivity contribution in [3.05, 3.63) is 154 Å². The highest BCUT2D eigenvalue weighted by Gasteiger charge is 2.49. The lowest BCUT2D eigenvalue weighted by Crippen LogP contribution is -2.61. The third-order valence-electron chi connectivity index (χ3n) is 8.55. The average Bonchev–Trinajstić information content (AvgIpc) is 3.13. The number of carboxylic acid groups (broad SMARTS) is 1. The molecule has 1 aliphatic rings. The second-order valence-electron chi connectivity index (χ2n) is 12.2. The fourth-order valence-corrected chi connectivity index (χ4v) is 6.03. The van der Waals surface area contributed by atoms with Gasteiger partial charge in [-0.25, -0.2) is 0 Å². The molecule has 1 saturated heterocycles. The van der Waals surface area contributed by atoms with E-state index in [0.29, 0.717) is 13.2 Å². The number of hydrogen-bond donors (Lipinski definition) is 1. The summed E-state index contributed by atoms with van der Waals surface area (Å²) in [7, 11) is 0. The van der Waals surface area contributed by atoms with Gasteiger partial charge >= 0.3 is 5.97 Å². The summed E-state index contributed by atoms with van der Waals surface area (Å²) < 4.78 is 33.1. The summed E-state index contributed by atoms with van der Waals surface area (Å²) in [6.45, 7) is 3.16. The van der Waals surface area contributed by atoms with Crippen LogP contribution in [0.1, 0.15) is 35.6 Å². The van der Waals surface area contributed by atoms with Gasteiger partial charge < -0.3 is 28.8 Å². The van der Waals surface area contributed by atoms with Crippen molar-refractivity contribution in [3.63, 3.8) is 0 Å². The van der Waals surface area contributed by atoms with E-state index in [1.807, 2.05) is 121 Å². The summed E-state index contributed by atoms with van der Waals surface area (Å²) in [4.78, 5) is 14.9. The maximum absolute atomic E-state index is 12.1. The highest BCUT2D eigenvalue weighted by molar-refractivity contribution is 5.74. The standard InChI is InChI=1S/C39H43N3O7/c1-28(35(39(43)44)41-42-40)22-33-36(46-24-30-16-8-3-9-17-30)38(48-26-32-20-12-5-13-21-32)37(47-25-31-18-10-4-11-19-31)34(49-33)27-45-23-29-14-6-2-7-15-29/h2-21,28,33-38H,22-27H2,1H3,(H,43,44)/t28-,33-,34+,35-,36-,37-,38+/m0/s1. The minimum atomic E-state index is -1.29. The predicted molar refractivity (Wildman–Crippen MR) is 184 cm³/mol. The Labute approximate surface area is 287 Å². The molecule has 0 bridgehead atoms. The molecule has 4 aromatic rings. The summed E-state index contributed by atoms with van der Waals surface area (Å²) in [5, 5.41) is 13.5. The molecule has 1 N–H and O–H groups in total. The smallest absolute Gasteiger partial charge is 0.312 e. The molecule has 1 heterocycles. The molecule has 10 nitrogen and oxygen atoms in total. The van der Waals surface area contributed by atoms with Crippen molar-refractivity contribution in [2.24, 2.45) is 11.0 Å². The van der Waals surface area contributed by atoms with Crippen molar-refractivity contribution in [3.8, 4) is 0 Å². The van der Waals surface area contributed by atoms with Crippen LogP contribution in [0.25, 0.3) is 10.4 Å². The third-order valence-corrected chi connectivity index (χ3v) is 8.55. The van der Waals surface area contributed by atoms with Crippen molar-refractivity contribution in [1.29, 1.82) is 0 Å². The molecule has 0 spiro atoms. The summed E-state index contributed by atoms with van der Waals surface area (Å²) in [6, 6.07) is 38.1. The molecule has 1 aliphatic heterocycles. The molecule has 0 radical (unpaired) electrons. The molecule has 10 heteroatoms. The first-order valence-corrected chi connectivity index (χ1v) is 16.5. The van der Waals surface area contributed by atoms with E-state index in [2.05, 4.69) is 10.0 Å². The number of aliphatic carboxylic acids is 1. The molecule has 0 saturated carbocycles. The summed E-state index contributed by atoms with van der Waals surface area (Å²) in [5.74, 6) is -1.78. The minimum absolute atomic E-state index is 0.189. The Bertz CT molecular complexity index is 1590. The van der Waals surface area contributed by atoms with Crippen LogP contribution in [0, 0.1) is 5.92 Å². The van der Waals surface area contributed by atoms with Crippen LogP contribution in [0.3, 0.4) is 0 Å². The van der Waals surface area contributed by atoms with Gasteiger partial charge in [0.25, 0.3) is 0 Å². The van der Waals surface area contributed by atoms with Gasteiger partial charge in [-0.3, -0.25) is 4.79 Å². The second-order valence-corrected chi connectivity index (χ2v) is 12.2. The largest absolute Gasteiger partial charge is 0.481 e. The topological polar surface area (TPSA) is 132 Å². The maximum atomic E-state index is 12.1. The van der Waals surface area contributed by atoms with Gasteiger partial charge in [0, 0.05) is 4.91 Å². The molecule has 0 aliphatic carbocycles. The van der Waals surface area contributed by atoms with Gasteiger partial charge in [-0.05, 0) is 40.1 Å². The van der Waals surface area contributed by atoms with Crippen molar-refractivity contribution < 1.29 is 33.6 Å². The van der Waals surface area contributed by atoms with Crippen molar-refractivity contribution >= 4 is 5.97 Å². The molecule has 5 rings (SSSR count). The maximum Gasteiger partial charge on any atom is 0.312 e. The van der Waals surface area contributed by atoms with Gasteiger partial charge in [-0.1, -0.05) is 133 Å². The summed E-state index contributed by atoms with van der Waals surface area (Å²) in [5.41, 5.74) is 13.1. The van der Waals surface area contributed by atoms with E-state index < -0.39 is 48.4 Å². The zero-order valence-electron chi connectivity index (χ0n) is 27.6. The summed E-state index contributed by atoms with van der Waals surface area (Å²) >= 11 is 0. The molecule has 49 heavy (non-hydrogen) atoms. The van der Waals surface area contributed by atoms with Crippen LogP contribution in [0.2, 0.25) is 0 Å². The predicted octanol–water partition coefficient (Wildman–Crippen LogP) is 7.52. The number of nitrogens with zero attached hydrogens (tertiary/aromatic N) is 3.